The summed E-state index contributed by atoms with van der Waals surface area (Å²) in [6, 6.07) is 0.521. The first-order valence-corrected chi connectivity index (χ1v) is 6.08. The second-order valence-corrected chi connectivity index (χ2v) is 4.55. The number of nitrogens with zero attached hydrogens (tertiary/aromatic N) is 1. The van der Waals surface area contributed by atoms with Crippen LogP contribution in [0, 0.1) is 12.8 Å². The first kappa shape index (κ1) is 11.9. The number of hydrogen-bond donors (Lipinski definition) is 1. The van der Waals surface area contributed by atoms with Gasteiger partial charge in [-0.05, 0) is 24.8 Å². The van der Waals surface area contributed by atoms with E-state index in [2.05, 4.69) is 30.7 Å². The Morgan fingerprint density at radius 2 is 2.38 bits per heavy atom. The molecule has 4 radical (unpaired) electrons. The van der Waals surface area contributed by atoms with Crippen molar-refractivity contribution in [2.24, 2.45) is 0 Å². The van der Waals surface area contributed by atoms with Crippen molar-refractivity contribution in [3.05, 3.63) is 36.6 Å². The molecular weight excluding hydrogens is 198 g/mol. The molecular formula is C14H19NO. The minimum Gasteiger partial charge on any atom is -0.393 e. The molecule has 2 nitrogen and oxygen atoms in total. The molecule has 0 saturated carbocycles. The molecule has 2 unspecified atom stereocenters. The summed E-state index contributed by atoms with van der Waals surface area (Å²) in [7, 11) is 0. The third kappa shape index (κ3) is 2.96. The van der Waals surface area contributed by atoms with Crippen LogP contribution in [0.2, 0.25) is 0 Å². The maximum Gasteiger partial charge on any atom is 0.0567 e. The van der Waals surface area contributed by atoms with Crippen molar-refractivity contribution < 1.29 is 5.11 Å². The molecule has 2 rings (SSSR count). The van der Waals surface area contributed by atoms with E-state index in [1.165, 1.54) is 5.57 Å². The van der Waals surface area contributed by atoms with Crippen LogP contribution < -0.4 is 0 Å². The maximum atomic E-state index is 9.66. The summed E-state index contributed by atoms with van der Waals surface area (Å²) in [5.41, 5.74) is 1.29. The minimum atomic E-state index is -0.100. The predicted octanol–water partition coefficient (Wildman–Crippen LogP) is 1.88. The first-order chi connectivity index (χ1) is 7.79. The van der Waals surface area contributed by atoms with E-state index in [9.17, 15) is 5.11 Å². The molecule has 1 saturated heterocycles. The fourth-order valence-electron chi connectivity index (χ4n) is 2.42. The third-order valence-electron chi connectivity index (χ3n) is 3.39. The lowest BCUT2D eigenvalue weighted by atomic mass is 9.96. The van der Waals surface area contributed by atoms with Crippen molar-refractivity contribution in [3.8, 4) is 0 Å². The Balaban J connectivity index is 1.92. The Kier molecular flexibility index (Phi) is 4.19. The molecule has 0 amide bonds. The number of aliphatic hydroxyl groups excluding tert-OH is 1. The standard InChI is InChI=1S/C14H19NO/c1-2-13-10-14(16)8-9-15(13)11-12-6-4-3-5-7-12/h4,6-7,13-14,16H,2,8-11H2,1H3. The van der Waals surface area contributed by atoms with Gasteiger partial charge in [0.15, 0.2) is 0 Å². The number of piperidine rings is 1. The van der Waals surface area contributed by atoms with E-state index in [4.69, 9.17) is 0 Å². The van der Waals surface area contributed by atoms with Crippen LogP contribution in [0.1, 0.15) is 26.2 Å². The second-order valence-electron chi connectivity index (χ2n) is 4.55. The van der Waals surface area contributed by atoms with Crippen LogP contribution in [-0.4, -0.2) is 35.2 Å². The summed E-state index contributed by atoms with van der Waals surface area (Å²) in [5, 5.41) is 9.66. The highest BCUT2D eigenvalue weighted by Gasteiger charge is 2.26. The average Bonchev–Trinajstić information content (AvgIpc) is 2.33. The predicted molar refractivity (Wildman–Crippen MR) is 64.6 cm³/mol. The molecule has 2 heteroatoms. The smallest absolute Gasteiger partial charge is 0.0567 e. The highest BCUT2D eigenvalue weighted by Crippen LogP contribution is 2.22. The molecule has 2 aliphatic rings. The van der Waals surface area contributed by atoms with Gasteiger partial charge in [-0.2, -0.15) is 0 Å². The lowest BCUT2D eigenvalue weighted by molar-refractivity contribution is 0.0454. The summed E-state index contributed by atoms with van der Waals surface area (Å²) >= 11 is 0. The van der Waals surface area contributed by atoms with Crippen LogP contribution in [0.3, 0.4) is 0 Å². The van der Waals surface area contributed by atoms with Gasteiger partial charge in [-0.25, -0.2) is 0 Å². The maximum absolute atomic E-state index is 9.66. The van der Waals surface area contributed by atoms with Gasteiger partial charge in [0.2, 0.25) is 0 Å². The van der Waals surface area contributed by atoms with Gasteiger partial charge in [-0.1, -0.05) is 25.2 Å². The van der Waals surface area contributed by atoms with Crippen LogP contribution in [0.5, 0.6) is 0 Å². The van der Waals surface area contributed by atoms with Crippen LogP contribution in [0.25, 0.3) is 0 Å². The molecule has 0 aromatic heterocycles. The monoisotopic (exact) mass is 217 g/mol. The van der Waals surface area contributed by atoms with Crippen molar-refractivity contribution in [1.82, 2.24) is 4.90 Å². The van der Waals surface area contributed by atoms with Gasteiger partial charge in [0.05, 0.1) is 6.10 Å². The van der Waals surface area contributed by atoms with Crippen molar-refractivity contribution in [1.29, 1.82) is 0 Å². The quantitative estimate of drug-likeness (QED) is 0.780. The van der Waals surface area contributed by atoms with Crippen molar-refractivity contribution in [2.45, 2.75) is 38.3 Å². The molecule has 1 N–H and O–H groups in total. The van der Waals surface area contributed by atoms with Crippen LogP contribution in [0.15, 0.2) is 23.8 Å². The number of allylic oxidation sites excluding steroid dienone is 2. The normalized spacial score (nSPS) is 31.5. The molecule has 0 aromatic carbocycles. The Hall–Kier alpha value is -0.600. The summed E-state index contributed by atoms with van der Waals surface area (Å²) in [5.74, 6) is 0. The molecule has 0 spiro atoms. The summed E-state index contributed by atoms with van der Waals surface area (Å²) < 4.78 is 0. The molecule has 16 heavy (non-hydrogen) atoms. The number of hydrogen-bond acceptors (Lipinski definition) is 2. The largest absolute Gasteiger partial charge is 0.393 e. The molecule has 0 aromatic rings. The van der Waals surface area contributed by atoms with E-state index in [-0.39, 0.29) is 6.10 Å². The van der Waals surface area contributed by atoms with E-state index in [1.807, 2.05) is 12.2 Å². The van der Waals surface area contributed by atoms with Gasteiger partial charge in [0, 0.05) is 32.0 Å². The zero-order chi connectivity index (χ0) is 11.4. The second kappa shape index (κ2) is 5.65. The minimum absolute atomic E-state index is 0.100. The lowest BCUT2D eigenvalue weighted by Gasteiger charge is -2.37. The fraction of sp³-hybridized carbons (Fsp3) is 0.571. The van der Waals surface area contributed by atoms with Gasteiger partial charge in [-0.3, -0.25) is 4.90 Å². The van der Waals surface area contributed by atoms with E-state index in [1.54, 1.807) is 0 Å². The van der Waals surface area contributed by atoms with E-state index in [0.29, 0.717) is 6.04 Å². The number of rotatable bonds is 3. The SMILES string of the molecule is CCC1CC(O)CCN1CC1=C[C][C]C=C1. The Morgan fingerprint density at radius 1 is 1.50 bits per heavy atom. The van der Waals surface area contributed by atoms with Crippen LogP contribution in [0.4, 0.5) is 0 Å². The average molecular weight is 217 g/mol. The molecule has 86 valence electrons. The van der Waals surface area contributed by atoms with E-state index >= 15 is 0 Å². The van der Waals surface area contributed by atoms with Crippen molar-refractivity contribution >= 4 is 0 Å². The van der Waals surface area contributed by atoms with Crippen LogP contribution >= 0.6 is 0 Å². The van der Waals surface area contributed by atoms with Gasteiger partial charge >= 0.3 is 0 Å². The molecule has 1 heterocycles. The first-order valence-electron chi connectivity index (χ1n) is 6.08. The lowest BCUT2D eigenvalue weighted by Crippen LogP contribution is -2.44. The van der Waals surface area contributed by atoms with Crippen molar-refractivity contribution in [3.63, 3.8) is 0 Å². The molecule has 1 fully saturated rings. The van der Waals surface area contributed by atoms with Crippen molar-refractivity contribution in [2.75, 3.05) is 13.1 Å². The summed E-state index contributed by atoms with van der Waals surface area (Å²) in [4.78, 5) is 2.47. The van der Waals surface area contributed by atoms with Gasteiger partial charge < -0.3 is 5.11 Å². The highest BCUT2D eigenvalue weighted by atomic mass is 16.3. The molecule has 1 aliphatic carbocycles. The van der Waals surface area contributed by atoms with Gasteiger partial charge in [0.25, 0.3) is 0 Å². The highest BCUT2D eigenvalue weighted by molar-refractivity contribution is 5.33. The fourth-order valence-corrected chi connectivity index (χ4v) is 2.42. The van der Waals surface area contributed by atoms with Crippen LogP contribution in [-0.2, 0) is 0 Å². The summed E-state index contributed by atoms with van der Waals surface area (Å²) in [6.45, 7) is 4.16. The Morgan fingerprint density at radius 3 is 3.06 bits per heavy atom. The van der Waals surface area contributed by atoms with Gasteiger partial charge in [-0.15, -0.1) is 0 Å². The zero-order valence-corrected chi connectivity index (χ0v) is 9.82. The zero-order valence-electron chi connectivity index (χ0n) is 9.82. The van der Waals surface area contributed by atoms with E-state index < -0.39 is 0 Å². The Labute approximate surface area is 98.6 Å². The number of aliphatic hydroxyl groups is 1. The molecule has 2 atom stereocenters. The Bertz CT molecular complexity index is 282. The van der Waals surface area contributed by atoms with Gasteiger partial charge in [0.1, 0.15) is 0 Å². The molecule has 0 bridgehead atoms. The van der Waals surface area contributed by atoms with E-state index in [0.717, 1.165) is 32.4 Å². The number of likely N-dealkylation sites (tertiary alicyclic amines) is 1. The third-order valence-corrected chi connectivity index (χ3v) is 3.39. The molecule has 1 aliphatic heterocycles. The summed E-state index contributed by atoms with van der Waals surface area (Å²) in [6.07, 6.45) is 14.7. The topological polar surface area (TPSA) is 23.5 Å².